The monoisotopic (exact) mass is 711 g/mol. The maximum Gasteiger partial charge on any atom is 0.293 e. The van der Waals surface area contributed by atoms with Crippen molar-refractivity contribution in [1.29, 1.82) is 5.26 Å². The fraction of sp³-hybridized carbons (Fsp3) is 0.344. The van der Waals surface area contributed by atoms with E-state index in [1.807, 2.05) is 0 Å². The van der Waals surface area contributed by atoms with Crippen molar-refractivity contribution >= 4 is 41.3 Å². The number of alkyl halides is 2. The molecule has 0 atom stereocenters. The normalized spacial score (nSPS) is 12.4. The van der Waals surface area contributed by atoms with E-state index in [1.54, 1.807) is 34.9 Å². The van der Waals surface area contributed by atoms with Gasteiger partial charge in [0.25, 0.3) is 6.43 Å². The van der Waals surface area contributed by atoms with Crippen LogP contribution in [0.2, 0.25) is 5.02 Å². The Morgan fingerprint density at radius 3 is 2.45 bits per heavy atom. The molecule has 0 aliphatic carbocycles. The predicted molar refractivity (Wildman–Crippen MR) is 174 cm³/mol. The Morgan fingerprint density at radius 1 is 1.16 bits per heavy atom. The van der Waals surface area contributed by atoms with Crippen LogP contribution in [0.3, 0.4) is 0 Å². The Hall–Kier alpha value is -4.69. The number of aldehydes is 2. The second kappa shape index (κ2) is 21.3. The van der Waals surface area contributed by atoms with E-state index in [2.05, 4.69) is 39.6 Å². The summed E-state index contributed by atoms with van der Waals surface area (Å²) in [6.45, 7) is 3.32. The summed E-state index contributed by atoms with van der Waals surface area (Å²) in [5.41, 5.74) is 1.53. The van der Waals surface area contributed by atoms with Gasteiger partial charge in [-0.3, -0.25) is 14.0 Å². The fourth-order valence-electron chi connectivity index (χ4n) is 4.61. The van der Waals surface area contributed by atoms with Crippen LogP contribution in [0.4, 0.5) is 33.6 Å². The van der Waals surface area contributed by atoms with E-state index in [0.717, 1.165) is 5.92 Å². The minimum atomic E-state index is -2.80. The third-order valence-electron chi connectivity index (χ3n) is 6.98. The van der Waals surface area contributed by atoms with Crippen molar-refractivity contribution in [1.82, 2.24) is 24.6 Å². The van der Waals surface area contributed by atoms with Crippen LogP contribution in [0.15, 0.2) is 48.9 Å². The van der Waals surface area contributed by atoms with Crippen LogP contribution < -0.4 is 15.4 Å². The molecular weight excluding hydrogens is 677 g/mol. The number of nitrogens with one attached hydrogen (secondary N) is 2. The number of hydrogen-bond donors (Lipinski definition) is 3. The topological polar surface area (TPSA) is 145 Å². The first-order valence-corrected chi connectivity index (χ1v) is 15.0. The zero-order chi connectivity index (χ0) is 36.3. The van der Waals surface area contributed by atoms with Crippen molar-refractivity contribution < 1.29 is 41.7 Å². The van der Waals surface area contributed by atoms with Crippen LogP contribution in [-0.4, -0.2) is 83.9 Å². The molecule has 2 aromatic carbocycles. The molecule has 0 unspecified atom stereocenters. The molecule has 0 saturated carbocycles. The third kappa shape index (κ3) is 12.4. The van der Waals surface area contributed by atoms with Gasteiger partial charge < -0.3 is 20.3 Å². The first kappa shape index (κ1) is 40.5. The summed E-state index contributed by atoms with van der Waals surface area (Å²) in [6, 6.07) is 9.07. The quantitative estimate of drug-likeness (QED) is 0.132. The number of benzene rings is 2. The summed E-state index contributed by atoms with van der Waals surface area (Å²) in [5.74, 6) is -1.34. The van der Waals surface area contributed by atoms with Gasteiger partial charge in [-0.25, -0.2) is 28.5 Å². The molecule has 17 heteroatoms. The summed E-state index contributed by atoms with van der Waals surface area (Å²) in [5, 5.41) is 20.8. The standard InChI is InChI=1S/C21H12ClF2N5O2.C9H20N2.C2H2F2O.FHO/c22-15-9-13(2-1-12(15)11-30)28-20-21-27-10-16(29(21)7-6-26-20)14-3-4-17(31-8-5-25)19(24)18(14)23;1-11(2)8-5-9-3-6-10-7-4-9;3-2(4)1-5;1-2/h1-4,6-7,9-11H,8H2,(H,26,28);9-10H,3-8H2,1-2H3;1-2H;2H. The van der Waals surface area contributed by atoms with Crippen LogP contribution in [0, 0.1) is 28.9 Å². The summed E-state index contributed by atoms with van der Waals surface area (Å²) in [4.78, 5) is 30.5. The number of piperidine rings is 1. The highest BCUT2D eigenvalue weighted by Gasteiger charge is 2.20. The second-order valence-corrected chi connectivity index (χ2v) is 10.9. The number of nitriles is 1. The molecule has 49 heavy (non-hydrogen) atoms. The average molecular weight is 712 g/mol. The Morgan fingerprint density at radius 2 is 1.86 bits per heavy atom. The van der Waals surface area contributed by atoms with E-state index in [0.29, 0.717) is 29.0 Å². The predicted octanol–water partition coefficient (Wildman–Crippen LogP) is 6.04. The number of imidazole rings is 1. The lowest BCUT2D eigenvalue weighted by atomic mass is 9.95. The minimum absolute atomic E-state index is 0.0372. The summed E-state index contributed by atoms with van der Waals surface area (Å²) in [6.07, 6.45) is 6.00. The van der Waals surface area contributed by atoms with Crippen molar-refractivity contribution in [2.45, 2.75) is 25.7 Å². The van der Waals surface area contributed by atoms with Crippen molar-refractivity contribution in [3.63, 3.8) is 0 Å². The van der Waals surface area contributed by atoms with E-state index in [4.69, 9.17) is 36.2 Å². The number of anilines is 2. The molecule has 0 spiro atoms. The highest BCUT2D eigenvalue weighted by Crippen LogP contribution is 2.32. The van der Waals surface area contributed by atoms with E-state index >= 15 is 0 Å². The van der Waals surface area contributed by atoms with Crippen molar-refractivity contribution in [3.05, 3.63) is 71.1 Å². The van der Waals surface area contributed by atoms with Crippen molar-refractivity contribution in [2.75, 3.05) is 45.7 Å². The molecule has 1 saturated heterocycles. The van der Waals surface area contributed by atoms with Gasteiger partial charge >= 0.3 is 0 Å². The van der Waals surface area contributed by atoms with Crippen LogP contribution in [-0.2, 0) is 4.79 Å². The Bertz CT molecular complexity index is 1680. The maximum absolute atomic E-state index is 14.7. The number of nitrogens with zero attached hydrogens (tertiary/aromatic N) is 5. The van der Waals surface area contributed by atoms with Gasteiger partial charge in [-0.15, -0.1) is 0 Å². The first-order valence-electron chi connectivity index (χ1n) is 14.7. The molecule has 1 aliphatic heterocycles. The summed E-state index contributed by atoms with van der Waals surface area (Å²) < 4.78 is 64.8. The molecular formula is C32H35ClF5N7O4. The highest BCUT2D eigenvalue weighted by atomic mass is 35.5. The van der Waals surface area contributed by atoms with E-state index in [1.165, 1.54) is 63.4 Å². The SMILES string of the molecule is CN(C)CCC1CCNCC1.N#CCOc1ccc(-c2cnc3c(Nc4ccc(C=O)c(Cl)c4)nccn23)c(F)c1F.O=CC(F)F.OF. The smallest absolute Gasteiger partial charge is 0.293 e. The fourth-order valence-corrected chi connectivity index (χ4v) is 4.83. The Labute approximate surface area is 284 Å². The number of halogens is 6. The van der Waals surface area contributed by atoms with Gasteiger partial charge in [-0.05, 0) is 89.2 Å². The molecule has 1 fully saturated rings. The van der Waals surface area contributed by atoms with E-state index in [9.17, 15) is 22.4 Å². The zero-order valence-corrected chi connectivity index (χ0v) is 27.3. The van der Waals surface area contributed by atoms with Crippen LogP contribution in [0.1, 0.15) is 29.6 Å². The van der Waals surface area contributed by atoms with Gasteiger partial charge in [0.1, 0.15) is 6.07 Å². The summed E-state index contributed by atoms with van der Waals surface area (Å²) >= 11 is 6.06. The average Bonchev–Trinajstić information content (AvgIpc) is 3.55. The molecule has 1 aliphatic rings. The lowest BCUT2D eigenvalue weighted by Crippen LogP contribution is -2.29. The molecule has 0 radical (unpaired) electrons. The largest absolute Gasteiger partial charge is 0.476 e. The van der Waals surface area contributed by atoms with Gasteiger partial charge in [0.05, 0.1) is 16.9 Å². The highest BCUT2D eigenvalue weighted by molar-refractivity contribution is 6.33. The van der Waals surface area contributed by atoms with Crippen LogP contribution in [0.5, 0.6) is 5.75 Å². The first-order chi connectivity index (χ1) is 23.6. The molecule has 5 rings (SSSR count). The molecule has 0 amide bonds. The molecule has 264 valence electrons. The van der Waals surface area contributed by atoms with Crippen molar-refractivity contribution in [2.24, 2.45) is 5.92 Å². The number of rotatable bonds is 10. The number of hydrogen-bond acceptors (Lipinski definition) is 10. The molecule has 2 aromatic heterocycles. The number of carbonyl (C=O) groups is 2. The van der Waals surface area contributed by atoms with Crippen molar-refractivity contribution in [3.8, 4) is 23.1 Å². The maximum atomic E-state index is 14.7. The molecule has 3 N–H and O–H groups in total. The molecule has 3 heterocycles. The van der Waals surface area contributed by atoms with E-state index in [-0.39, 0.29) is 22.0 Å². The summed E-state index contributed by atoms with van der Waals surface area (Å²) in [7, 11) is 4.31. The number of fused-ring (bicyclic) bond motifs is 1. The van der Waals surface area contributed by atoms with Gasteiger partial charge in [0.2, 0.25) is 5.82 Å². The lowest BCUT2D eigenvalue weighted by Gasteiger charge is -2.23. The Kier molecular flexibility index (Phi) is 17.6. The van der Waals surface area contributed by atoms with Gasteiger partial charge in [0, 0.05) is 29.2 Å². The number of carbonyl (C=O) groups excluding carboxylic acids is 2. The van der Waals surface area contributed by atoms with Gasteiger partial charge in [0.15, 0.2) is 42.2 Å². The van der Waals surface area contributed by atoms with E-state index < -0.39 is 31.0 Å². The molecule has 0 bridgehead atoms. The van der Waals surface area contributed by atoms with Gasteiger partial charge in [-0.2, -0.15) is 9.65 Å². The zero-order valence-electron chi connectivity index (χ0n) is 26.6. The molecule has 4 aromatic rings. The lowest BCUT2D eigenvalue weighted by molar-refractivity contribution is -0.116. The number of aromatic nitrogens is 3. The molecule has 11 nitrogen and oxygen atoms in total. The Balaban J connectivity index is 0.000000382. The second-order valence-electron chi connectivity index (χ2n) is 10.5. The van der Waals surface area contributed by atoms with Crippen LogP contribution >= 0.6 is 11.6 Å². The minimum Gasteiger partial charge on any atom is -0.476 e. The van der Waals surface area contributed by atoms with Crippen LogP contribution in [0.25, 0.3) is 16.9 Å². The van der Waals surface area contributed by atoms with Gasteiger partial charge in [-0.1, -0.05) is 16.1 Å². The third-order valence-corrected chi connectivity index (χ3v) is 7.31. The number of ether oxygens (including phenoxy) is 1.